The lowest BCUT2D eigenvalue weighted by Crippen LogP contribution is -2.42. The fourth-order valence-electron chi connectivity index (χ4n) is 3.01. The molecule has 0 radical (unpaired) electrons. The van der Waals surface area contributed by atoms with Crippen LogP contribution in [0, 0.1) is 0 Å². The lowest BCUT2D eigenvalue weighted by atomic mass is 9.78. The monoisotopic (exact) mass is 373 g/mol. The molecule has 0 aliphatic carbocycles. The fourth-order valence-corrected chi connectivity index (χ4v) is 3.01. The van der Waals surface area contributed by atoms with E-state index in [1.807, 2.05) is 60.6 Å². The van der Waals surface area contributed by atoms with Crippen molar-refractivity contribution in [2.24, 2.45) is 5.10 Å². The van der Waals surface area contributed by atoms with E-state index in [4.69, 9.17) is 0 Å². The third kappa shape index (κ3) is 3.99. The van der Waals surface area contributed by atoms with Crippen LogP contribution >= 0.6 is 0 Å². The summed E-state index contributed by atoms with van der Waals surface area (Å²) in [7, 11) is 0. The van der Waals surface area contributed by atoms with E-state index < -0.39 is 11.6 Å². The van der Waals surface area contributed by atoms with Crippen molar-refractivity contribution in [3.63, 3.8) is 0 Å². The van der Waals surface area contributed by atoms with Crippen molar-refractivity contribution in [3.05, 3.63) is 28.8 Å². The predicted octanol–water partition coefficient (Wildman–Crippen LogP) is 4.04. The normalized spacial score (nSPS) is 21.3. The highest BCUT2D eigenvalue weighted by molar-refractivity contribution is 6.07. The number of hydrazone groups is 1. The average molecular weight is 373 g/mol. The molecule has 2 rings (SSSR count). The molecule has 1 heterocycles. The van der Waals surface area contributed by atoms with E-state index in [1.165, 1.54) is 6.21 Å². The molecule has 2 N–H and O–H groups in total. The first-order valence-electron chi connectivity index (χ1n) is 9.29. The highest BCUT2D eigenvalue weighted by atomic mass is 16.3. The smallest absolute Gasteiger partial charge is 0.346 e. The number of nitrogens with one attached hydrogen (secondary N) is 1. The molecule has 1 aromatic rings. The third-order valence-corrected chi connectivity index (χ3v) is 5.02. The Hall–Kier alpha value is -2.37. The first-order chi connectivity index (χ1) is 12.2. The van der Waals surface area contributed by atoms with Crippen molar-refractivity contribution in [1.29, 1.82) is 0 Å². The molecule has 3 amide bonds. The van der Waals surface area contributed by atoms with Crippen LogP contribution in [0.25, 0.3) is 0 Å². The molecule has 27 heavy (non-hydrogen) atoms. The van der Waals surface area contributed by atoms with Gasteiger partial charge in [0.1, 0.15) is 11.3 Å². The number of nitrogens with zero attached hydrogens (tertiary/aromatic N) is 2. The molecule has 0 aromatic heterocycles. The van der Waals surface area contributed by atoms with Gasteiger partial charge in [0.15, 0.2) is 0 Å². The van der Waals surface area contributed by atoms with E-state index in [-0.39, 0.29) is 22.5 Å². The predicted molar refractivity (Wildman–Crippen MR) is 107 cm³/mol. The fraction of sp³-hybridized carbons (Fsp3) is 0.571. The van der Waals surface area contributed by atoms with Gasteiger partial charge in [0, 0.05) is 11.1 Å². The van der Waals surface area contributed by atoms with E-state index in [0.29, 0.717) is 6.42 Å². The molecule has 6 heteroatoms. The molecule has 0 bridgehead atoms. The van der Waals surface area contributed by atoms with Gasteiger partial charge in [-0.3, -0.25) is 4.79 Å². The lowest BCUT2D eigenvalue weighted by Gasteiger charge is -2.27. The average Bonchev–Trinajstić information content (AvgIpc) is 2.74. The van der Waals surface area contributed by atoms with E-state index in [1.54, 1.807) is 6.92 Å². The molecule has 1 aliphatic rings. The molecule has 0 unspecified atom stereocenters. The van der Waals surface area contributed by atoms with Crippen molar-refractivity contribution in [3.8, 4) is 5.75 Å². The first-order valence-corrected chi connectivity index (χ1v) is 9.29. The van der Waals surface area contributed by atoms with Crippen LogP contribution < -0.4 is 5.32 Å². The molecular weight excluding hydrogens is 342 g/mol. The third-order valence-electron chi connectivity index (χ3n) is 5.02. The molecule has 1 fully saturated rings. The Morgan fingerprint density at radius 1 is 1.11 bits per heavy atom. The second kappa shape index (κ2) is 6.66. The van der Waals surface area contributed by atoms with Gasteiger partial charge in [0.25, 0.3) is 5.91 Å². The highest BCUT2D eigenvalue weighted by Gasteiger charge is 2.46. The number of urea groups is 1. The standard InChI is InChI=1S/C21H31N3O3/c1-9-21(8)17(26)24(18(27)23-21)22-12-13-10-14(19(2,3)4)16(25)15(11-13)20(5,6)7/h10-12,25H,9H2,1-8H3,(H,23,27)/b22-12-/t21-/m0/s1. The van der Waals surface area contributed by atoms with Crippen LogP contribution in [-0.2, 0) is 15.6 Å². The van der Waals surface area contributed by atoms with E-state index >= 15 is 0 Å². The first kappa shape index (κ1) is 20.9. The summed E-state index contributed by atoms with van der Waals surface area (Å²) < 4.78 is 0. The van der Waals surface area contributed by atoms with E-state index in [2.05, 4.69) is 10.4 Å². The summed E-state index contributed by atoms with van der Waals surface area (Å²) >= 11 is 0. The second-order valence-corrected chi connectivity index (χ2v) is 9.44. The summed E-state index contributed by atoms with van der Waals surface area (Å²) in [5, 5.41) is 18.5. The number of phenols is 1. The molecule has 1 saturated heterocycles. The molecule has 0 spiro atoms. The zero-order valence-corrected chi connectivity index (χ0v) is 17.6. The maximum absolute atomic E-state index is 12.5. The number of aromatic hydroxyl groups is 1. The molecule has 0 saturated carbocycles. The minimum absolute atomic E-state index is 0.268. The van der Waals surface area contributed by atoms with Gasteiger partial charge in [-0.25, -0.2) is 4.79 Å². The number of phenolic OH excluding ortho intramolecular Hbond substituents is 1. The number of hydrogen-bond donors (Lipinski definition) is 2. The van der Waals surface area contributed by atoms with Crippen molar-refractivity contribution in [1.82, 2.24) is 10.3 Å². The molecule has 1 aromatic carbocycles. The zero-order valence-electron chi connectivity index (χ0n) is 17.6. The number of amides is 3. The maximum Gasteiger partial charge on any atom is 0.346 e. The Kier molecular flexibility index (Phi) is 5.16. The molecular formula is C21H31N3O3. The van der Waals surface area contributed by atoms with Crippen molar-refractivity contribution >= 4 is 18.2 Å². The molecule has 1 atom stereocenters. The summed E-state index contributed by atoms with van der Waals surface area (Å²) in [6.45, 7) is 15.7. The maximum atomic E-state index is 12.5. The summed E-state index contributed by atoms with van der Waals surface area (Å²) in [6, 6.07) is 3.18. The van der Waals surface area contributed by atoms with Crippen LogP contribution in [-0.4, -0.2) is 33.8 Å². The van der Waals surface area contributed by atoms with E-state index in [9.17, 15) is 14.7 Å². The summed E-state index contributed by atoms with van der Waals surface area (Å²) in [4.78, 5) is 24.6. The molecule has 1 aliphatic heterocycles. The largest absolute Gasteiger partial charge is 0.507 e. The van der Waals surface area contributed by atoms with Gasteiger partial charge in [0.05, 0.1) is 6.21 Å². The number of carbonyl (C=O) groups excluding carboxylic acids is 2. The Bertz CT molecular complexity index is 765. The van der Waals surface area contributed by atoms with Gasteiger partial charge in [-0.05, 0) is 41.9 Å². The summed E-state index contributed by atoms with van der Waals surface area (Å²) in [6.07, 6.45) is 1.99. The number of rotatable bonds is 3. The van der Waals surface area contributed by atoms with Crippen molar-refractivity contribution in [2.45, 2.75) is 78.2 Å². The summed E-state index contributed by atoms with van der Waals surface area (Å²) in [5.74, 6) is -0.0854. The number of carbonyl (C=O) groups is 2. The van der Waals surface area contributed by atoms with Gasteiger partial charge in [-0.2, -0.15) is 5.10 Å². The Labute approximate surface area is 161 Å². The number of imide groups is 1. The van der Waals surface area contributed by atoms with Crippen LogP contribution in [0.2, 0.25) is 0 Å². The SMILES string of the molecule is CC[C@]1(C)NC(=O)N(/N=C\c2cc(C(C)(C)C)c(O)c(C(C)(C)C)c2)C1=O. The van der Waals surface area contributed by atoms with Gasteiger partial charge in [-0.15, -0.1) is 5.01 Å². The lowest BCUT2D eigenvalue weighted by molar-refractivity contribution is -0.130. The van der Waals surface area contributed by atoms with Gasteiger partial charge >= 0.3 is 6.03 Å². The van der Waals surface area contributed by atoms with Crippen LogP contribution in [0.3, 0.4) is 0 Å². The van der Waals surface area contributed by atoms with Crippen LogP contribution in [0.1, 0.15) is 78.5 Å². The van der Waals surface area contributed by atoms with Crippen LogP contribution in [0.4, 0.5) is 4.79 Å². The Morgan fingerprint density at radius 2 is 1.59 bits per heavy atom. The second-order valence-electron chi connectivity index (χ2n) is 9.44. The number of hydrogen-bond acceptors (Lipinski definition) is 4. The van der Waals surface area contributed by atoms with Crippen LogP contribution in [0.15, 0.2) is 17.2 Å². The topological polar surface area (TPSA) is 82.0 Å². The molecule has 148 valence electrons. The van der Waals surface area contributed by atoms with Crippen molar-refractivity contribution in [2.75, 3.05) is 0 Å². The minimum Gasteiger partial charge on any atom is -0.507 e. The van der Waals surface area contributed by atoms with Gasteiger partial charge in [0.2, 0.25) is 0 Å². The highest BCUT2D eigenvalue weighted by Crippen LogP contribution is 2.39. The Balaban J connectivity index is 2.49. The quantitative estimate of drug-likeness (QED) is 0.620. The Morgan fingerprint density at radius 3 is 1.96 bits per heavy atom. The zero-order chi connectivity index (χ0) is 20.8. The number of benzene rings is 1. The van der Waals surface area contributed by atoms with Crippen LogP contribution in [0.5, 0.6) is 5.75 Å². The minimum atomic E-state index is -0.920. The van der Waals surface area contributed by atoms with Gasteiger partial charge < -0.3 is 10.4 Å². The van der Waals surface area contributed by atoms with Crippen molar-refractivity contribution < 1.29 is 14.7 Å². The van der Waals surface area contributed by atoms with E-state index in [0.717, 1.165) is 21.7 Å². The van der Waals surface area contributed by atoms with Gasteiger partial charge in [-0.1, -0.05) is 48.5 Å². The molecule has 6 nitrogen and oxygen atoms in total. The summed E-state index contributed by atoms with van der Waals surface area (Å²) in [5.41, 5.74) is 0.869.